The molecule has 0 saturated heterocycles. The molecule has 0 aromatic rings. The van der Waals surface area contributed by atoms with Crippen LogP contribution in [-0.4, -0.2) is 29.6 Å². The van der Waals surface area contributed by atoms with E-state index in [1.165, 1.54) is 0 Å². The van der Waals surface area contributed by atoms with Crippen LogP contribution in [0.15, 0.2) is 0 Å². The van der Waals surface area contributed by atoms with Crippen molar-refractivity contribution < 1.29 is 14.7 Å². The predicted octanol–water partition coefficient (Wildman–Crippen LogP) is 1.47. The highest BCUT2D eigenvalue weighted by atomic mass is 127. The maximum absolute atomic E-state index is 11.8. The van der Waals surface area contributed by atoms with Crippen molar-refractivity contribution in [2.75, 3.05) is 6.54 Å². The van der Waals surface area contributed by atoms with Crippen molar-refractivity contribution in [3.8, 4) is 0 Å². The SMILES string of the molecule is O=C(O)CCCNC(=O)C1CCC(NI)CC1. The van der Waals surface area contributed by atoms with Gasteiger partial charge in [-0.3, -0.25) is 13.1 Å². The van der Waals surface area contributed by atoms with Gasteiger partial charge in [-0.1, -0.05) is 0 Å². The minimum atomic E-state index is -0.812. The van der Waals surface area contributed by atoms with E-state index in [-0.39, 0.29) is 18.2 Å². The summed E-state index contributed by atoms with van der Waals surface area (Å²) in [5.74, 6) is -0.615. The molecular formula is C11H19IN2O3. The van der Waals surface area contributed by atoms with Gasteiger partial charge in [0.2, 0.25) is 5.91 Å². The zero-order valence-electron chi connectivity index (χ0n) is 9.75. The average molecular weight is 354 g/mol. The molecule has 1 rings (SSSR count). The predicted molar refractivity (Wildman–Crippen MR) is 72.8 cm³/mol. The molecule has 6 heteroatoms. The van der Waals surface area contributed by atoms with Gasteiger partial charge in [-0.15, -0.1) is 0 Å². The number of hydrogen-bond donors (Lipinski definition) is 3. The van der Waals surface area contributed by atoms with Crippen molar-refractivity contribution in [2.24, 2.45) is 5.92 Å². The Labute approximate surface area is 115 Å². The lowest BCUT2D eigenvalue weighted by molar-refractivity contribution is -0.137. The molecule has 1 amide bonds. The minimum Gasteiger partial charge on any atom is -0.481 e. The van der Waals surface area contributed by atoms with Crippen LogP contribution in [0, 0.1) is 5.92 Å². The molecule has 0 atom stereocenters. The van der Waals surface area contributed by atoms with Crippen molar-refractivity contribution in [3.63, 3.8) is 0 Å². The lowest BCUT2D eigenvalue weighted by atomic mass is 9.86. The van der Waals surface area contributed by atoms with Gasteiger partial charge in [0, 0.05) is 47.8 Å². The minimum absolute atomic E-state index is 0.0855. The molecule has 0 bridgehead atoms. The third-order valence-corrected chi connectivity index (χ3v) is 4.00. The van der Waals surface area contributed by atoms with Crippen molar-refractivity contribution >= 4 is 34.7 Å². The highest BCUT2D eigenvalue weighted by Crippen LogP contribution is 2.24. The zero-order valence-corrected chi connectivity index (χ0v) is 11.9. The Hall–Kier alpha value is -0.370. The first kappa shape index (κ1) is 14.7. The molecule has 0 radical (unpaired) electrons. The van der Waals surface area contributed by atoms with Crippen LogP contribution in [0.1, 0.15) is 38.5 Å². The second kappa shape index (κ2) is 7.86. The van der Waals surface area contributed by atoms with Crippen LogP contribution in [0.3, 0.4) is 0 Å². The second-order valence-corrected chi connectivity index (χ2v) is 5.07. The number of carbonyl (C=O) groups is 2. The smallest absolute Gasteiger partial charge is 0.303 e. The monoisotopic (exact) mass is 354 g/mol. The van der Waals surface area contributed by atoms with Gasteiger partial charge in [-0.05, 0) is 32.1 Å². The van der Waals surface area contributed by atoms with Gasteiger partial charge >= 0.3 is 5.97 Å². The molecule has 1 aliphatic carbocycles. The summed E-state index contributed by atoms with van der Waals surface area (Å²) in [6.45, 7) is 0.468. The molecule has 0 aliphatic heterocycles. The van der Waals surface area contributed by atoms with E-state index in [0.717, 1.165) is 25.7 Å². The van der Waals surface area contributed by atoms with Crippen LogP contribution in [0.5, 0.6) is 0 Å². The van der Waals surface area contributed by atoms with Gasteiger partial charge in [0.25, 0.3) is 0 Å². The Kier molecular flexibility index (Phi) is 6.79. The van der Waals surface area contributed by atoms with E-state index in [2.05, 4.69) is 31.7 Å². The zero-order chi connectivity index (χ0) is 12.7. The van der Waals surface area contributed by atoms with Gasteiger partial charge in [-0.25, -0.2) is 0 Å². The molecule has 17 heavy (non-hydrogen) atoms. The number of amides is 1. The summed E-state index contributed by atoms with van der Waals surface area (Å²) in [5.41, 5.74) is 0. The van der Waals surface area contributed by atoms with Crippen LogP contribution in [0.4, 0.5) is 0 Å². The Bertz CT molecular complexity index is 265. The number of carbonyl (C=O) groups excluding carboxylic acids is 1. The Morgan fingerprint density at radius 1 is 1.24 bits per heavy atom. The van der Waals surface area contributed by atoms with Crippen LogP contribution in [0.2, 0.25) is 0 Å². The number of halogens is 1. The highest BCUT2D eigenvalue weighted by molar-refractivity contribution is 14.1. The van der Waals surface area contributed by atoms with Crippen molar-refractivity contribution in [3.05, 3.63) is 0 Å². The van der Waals surface area contributed by atoms with Crippen LogP contribution in [-0.2, 0) is 9.59 Å². The molecule has 5 nitrogen and oxygen atoms in total. The fourth-order valence-corrected chi connectivity index (χ4v) is 2.68. The second-order valence-electron chi connectivity index (χ2n) is 4.45. The molecule has 3 N–H and O–H groups in total. The fraction of sp³-hybridized carbons (Fsp3) is 0.818. The molecule has 0 spiro atoms. The van der Waals surface area contributed by atoms with E-state index >= 15 is 0 Å². The summed E-state index contributed by atoms with van der Waals surface area (Å²) in [7, 11) is 0. The third kappa shape index (κ3) is 5.67. The molecule has 1 fully saturated rings. The molecule has 98 valence electrons. The topological polar surface area (TPSA) is 78.4 Å². The van der Waals surface area contributed by atoms with E-state index in [4.69, 9.17) is 5.11 Å². The largest absolute Gasteiger partial charge is 0.481 e. The number of nitrogens with one attached hydrogen (secondary N) is 2. The Morgan fingerprint density at radius 3 is 2.41 bits per heavy atom. The summed E-state index contributed by atoms with van der Waals surface area (Å²) in [6, 6.07) is 0.534. The molecule has 1 aliphatic rings. The van der Waals surface area contributed by atoms with Gasteiger partial charge in [0.15, 0.2) is 0 Å². The standard InChI is InChI=1S/C11H19IN2O3/c12-14-9-5-3-8(4-6-9)11(17)13-7-1-2-10(15)16/h8-9,14H,1-7H2,(H,13,17)(H,15,16). The molecule has 1 saturated carbocycles. The Morgan fingerprint density at radius 2 is 1.88 bits per heavy atom. The summed E-state index contributed by atoms with van der Waals surface area (Å²) in [5, 5.41) is 11.3. The highest BCUT2D eigenvalue weighted by Gasteiger charge is 2.25. The van der Waals surface area contributed by atoms with E-state index < -0.39 is 5.97 Å². The normalized spacial score (nSPS) is 24.3. The maximum atomic E-state index is 11.8. The number of rotatable bonds is 6. The molecule has 0 aromatic heterocycles. The number of carboxylic acid groups (broad SMARTS) is 1. The summed E-state index contributed by atoms with van der Waals surface area (Å²) >= 11 is 2.16. The lowest BCUT2D eigenvalue weighted by Gasteiger charge is -2.26. The maximum Gasteiger partial charge on any atom is 0.303 e. The van der Waals surface area contributed by atoms with Crippen molar-refractivity contribution in [1.82, 2.24) is 8.85 Å². The average Bonchev–Trinajstić information content (AvgIpc) is 2.34. The van der Waals surface area contributed by atoms with Gasteiger partial charge < -0.3 is 10.4 Å². The Balaban J connectivity index is 2.14. The quantitative estimate of drug-likeness (QED) is 0.384. The van der Waals surface area contributed by atoms with E-state index in [1.807, 2.05) is 0 Å². The van der Waals surface area contributed by atoms with Crippen LogP contribution < -0.4 is 8.85 Å². The van der Waals surface area contributed by atoms with E-state index in [0.29, 0.717) is 19.0 Å². The first-order valence-electron chi connectivity index (χ1n) is 5.99. The molecule has 0 heterocycles. The van der Waals surface area contributed by atoms with Gasteiger partial charge in [-0.2, -0.15) is 0 Å². The molecular weight excluding hydrogens is 335 g/mol. The first-order valence-corrected chi connectivity index (χ1v) is 7.07. The van der Waals surface area contributed by atoms with E-state index in [1.54, 1.807) is 0 Å². The number of hydrogen-bond acceptors (Lipinski definition) is 3. The summed E-state index contributed by atoms with van der Waals surface area (Å²) < 4.78 is 3.20. The van der Waals surface area contributed by atoms with E-state index in [9.17, 15) is 9.59 Å². The van der Waals surface area contributed by atoms with Crippen molar-refractivity contribution in [1.29, 1.82) is 0 Å². The summed E-state index contributed by atoms with van der Waals surface area (Å²) in [6.07, 6.45) is 4.54. The third-order valence-electron chi connectivity index (χ3n) is 3.12. The van der Waals surface area contributed by atoms with Crippen LogP contribution >= 0.6 is 22.9 Å². The molecule has 0 aromatic carbocycles. The van der Waals surface area contributed by atoms with Crippen molar-refractivity contribution in [2.45, 2.75) is 44.6 Å². The van der Waals surface area contributed by atoms with Crippen LogP contribution in [0.25, 0.3) is 0 Å². The molecule has 0 unspecified atom stereocenters. The van der Waals surface area contributed by atoms with Gasteiger partial charge in [0.05, 0.1) is 0 Å². The van der Waals surface area contributed by atoms with Gasteiger partial charge in [0.1, 0.15) is 0 Å². The first-order chi connectivity index (χ1) is 8.13. The lowest BCUT2D eigenvalue weighted by Crippen LogP contribution is -2.36. The fourth-order valence-electron chi connectivity index (χ4n) is 2.06. The number of carboxylic acids is 1. The summed E-state index contributed by atoms with van der Waals surface area (Å²) in [4.78, 5) is 22.1. The number of aliphatic carboxylic acids is 1.